The highest BCUT2D eigenvalue weighted by Crippen LogP contribution is 2.29. The summed E-state index contributed by atoms with van der Waals surface area (Å²) in [6, 6.07) is 0.621. The summed E-state index contributed by atoms with van der Waals surface area (Å²) in [5.74, 6) is 1.59. The number of hydrogen-bond donors (Lipinski definition) is 2. The first-order valence-corrected chi connectivity index (χ1v) is 9.69. The molecule has 2 N–H and O–H groups in total. The molecule has 0 aromatic rings. The van der Waals surface area contributed by atoms with E-state index in [1.54, 1.807) is 0 Å². The van der Waals surface area contributed by atoms with Gasteiger partial charge >= 0.3 is 0 Å². The zero-order valence-corrected chi connectivity index (χ0v) is 14.3. The Morgan fingerprint density at radius 2 is 1.80 bits per heavy atom. The van der Waals surface area contributed by atoms with Gasteiger partial charge in [-0.3, -0.25) is 0 Å². The van der Waals surface area contributed by atoms with Crippen LogP contribution in [0.2, 0.25) is 0 Å². The van der Waals surface area contributed by atoms with Gasteiger partial charge in [-0.25, -0.2) is 13.1 Å². The van der Waals surface area contributed by atoms with Crippen molar-refractivity contribution in [2.75, 3.05) is 12.3 Å². The zero-order chi connectivity index (χ0) is 15.2. The van der Waals surface area contributed by atoms with Crippen molar-refractivity contribution in [3.05, 3.63) is 0 Å². The van der Waals surface area contributed by atoms with Crippen LogP contribution in [0, 0.1) is 11.8 Å². The Labute approximate surface area is 125 Å². The Morgan fingerprint density at radius 3 is 2.40 bits per heavy atom. The van der Waals surface area contributed by atoms with Crippen LogP contribution in [0.25, 0.3) is 0 Å². The molecule has 1 saturated carbocycles. The molecule has 0 spiro atoms. The Kier molecular flexibility index (Phi) is 7.48. The number of hydrogen-bond acceptors (Lipinski definition) is 3. The Balaban J connectivity index is 2.24. The van der Waals surface area contributed by atoms with Crippen LogP contribution < -0.4 is 10.0 Å². The van der Waals surface area contributed by atoms with E-state index in [4.69, 9.17) is 0 Å². The summed E-state index contributed by atoms with van der Waals surface area (Å²) >= 11 is 0. The summed E-state index contributed by atoms with van der Waals surface area (Å²) in [6.45, 7) is 9.58. The molecule has 1 fully saturated rings. The molecule has 0 saturated heterocycles. The molecular formula is C15H32N2O2S. The van der Waals surface area contributed by atoms with E-state index in [1.165, 1.54) is 0 Å². The Bertz CT molecular complexity index is 368. The lowest BCUT2D eigenvalue weighted by Crippen LogP contribution is -2.40. The molecule has 120 valence electrons. The van der Waals surface area contributed by atoms with Crippen LogP contribution in [0.1, 0.15) is 59.8 Å². The van der Waals surface area contributed by atoms with Crippen molar-refractivity contribution in [3.63, 3.8) is 0 Å². The molecule has 4 nitrogen and oxygen atoms in total. The minimum Gasteiger partial charge on any atom is -0.315 e. The summed E-state index contributed by atoms with van der Waals surface area (Å²) in [6.07, 6.45) is 4.74. The topological polar surface area (TPSA) is 58.2 Å². The normalized spacial score (nSPS) is 27.9. The van der Waals surface area contributed by atoms with Crippen molar-refractivity contribution in [3.8, 4) is 0 Å². The van der Waals surface area contributed by atoms with Crippen LogP contribution in [0.5, 0.6) is 0 Å². The van der Waals surface area contributed by atoms with Gasteiger partial charge in [0.2, 0.25) is 10.0 Å². The van der Waals surface area contributed by atoms with Crippen LogP contribution in [-0.2, 0) is 10.0 Å². The first kappa shape index (κ1) is 17.9. The molecular weight excluding hydrogens is 272 g/mol. The molecule has 1 aliphatic carbocycles. The summed E-state index contributed by atoms with van der Waals surface area (Å²) in [4.78, 5) is 0. The molecule has 0 radical (unpaired) electrons. The predicted molar refractivity (Wildman–Crippen MR) is 85.3 cm³/mol. The maximum atomic E-state index is 12.1. The highest BCUT2D eigenvalue weighted by atomic mass is 32.2. The molecule has 20 heavy (non-hydrogen) atoms. The lowest BCUT2D eigenvalue weighted by molar-refractivity contribution is 0.242. The molecule has 0 heterocycles. The van der Waals surface area contributed by atoms with Crippen LogP contribution >= 0.6 is 0 Å². The Morgan fingerprint density at radius 1 is 1.10 bits per heavy atom. The smallest absolute Gasteiger partial charge is 0.211 e. The van der Waals surface area contributed by atoms with Gasteiger partial charge in [0.05, 0.1) is 5.75 Å². The molecule has 1 rings (SSSR count). The molecule has 0 amide bonds. The lowest BCUT2D eigenvalue weighted by Gasteiger charge is -2.32. The van der Waals surface area contributed by atoms with Gasteiger partial charge in [-0.2, -0.15) is 0 Å². The molecule has 0 aromatic carbocycles. The second-order valence-corrected chi connectivity index (χ2v) is 8.59. The van der Waals surface area contributed by atoms with E-state index in [9.17, 15) is 8.42 Å². The van der Waals surface area contributed by atoms with Gasteiger partial charge in [-0.15, -0.1) is 0 Å². The van der Waals surface area contributed by atoms with Crippen molar-refractivity contribution in [1.82, 2.24) is 10.0 Å². The first-order chi connectivity index (χ1) is 9.30. The summed E-state index contributed by atoms with van der Waals surface area (Å²) in [7, 11) is -3.10. The van der Waals surface area contributed by atoms with Crippen LogP contribution in [0.3, 0.4) is 0 Å². The summed E-state index contributed by atoms with van der Waals surface area (Å²) in [5, 5.41) is 3.31. The quantitative estimate of drug-likeness (QED) is 0.677. The summed E-state index contributed by atoms with van der Waals surface area (Å²) in [5.41, 5.74) is 0. The molecule has 3 unspecified atom stereocenters. The van der Waals surface area contributed by atoms with E-state index < -0.39 is 10.0 Å². The zero-order valence-electron chi connectivity index (χ0n) is 13.5. The van der Waals surface area contributed by atoms with E-state index in [1.807, 2.05) is 0 Å². The van der Waals surface area contributed by atoms with Crippen molar-refractivity contribution >= 4 is 10.0 Å². The molecule has 0 aromatic heterocycles. The fraction of sp³-hybridized carbons (Fsp3) is 1.00. The number of nitrogens with one attached hydrogen (secondary N) is 2. The van der Waals surface area contributed by atoms with E-state index in [0.29, 0.717) is 12.0 Å². The highest BCUT2D eigenvalue weighted by molar-refractivity contribution is 7.89. The van der Waals surface area contributed by atoms with E-state index in [2.05, 4.69) is 37.7 Å². The van der Waals surface area contributed by atoms with Crippen molar-refractivity contribution in [1.29, 1.82) is 0 Å². The second-order valence-electron chi connectivity index (χ2n) is 6.72. The average molecular weight is 305 g/mol. The van der Waals surface area contributed by atoms with Gasteiger partial charge in [0.1, 0.15) is 0 Å². The largest absolute Gasteiger partial charge is 0.315 e. The third kappa shape index (κ3) is 7.04. The highest BCUT2D eigenvalue weighted by Gasteiger charge is 2.27. The minimum atomic E-state index is -3.10. The third-order valence-corrected chi connectivity index (χ3v) is 5.86. The SMILES string of the molecule is CC(C)NCCCCS(=O)(=O)NC1CCC(C)C(C)C1. The van der Waals surface area contributed by atoms with Crippen LogP contribution in [-0.4, -0.2) is 32.8 Å². The molecule has 3 atom stereocenters. The maximum Gasteiger partial charge on any atom is 0.211 e. The third-order valence-electron chi connectivity index (χ3n) is 4.34. The number of sulfonamides is 1. The minimum absolute atomic E-state index is 0.153. The van der Waals surface area contributed by atoms with E-state index in [-0.39, 0.29) is 11.8 Å². The molecule has 1 aliphatic rings. The van der Waals surface area contributed by atoms with Crippen molar-refractivity contribution in [2.45, 2.75) is 71.9 Å². The predicted octanol–water partition coefficient (Wildman–Crippen LogP) is 2.51. The fourth-order valence-corrected chi connectivity index (χ4v) is 4.20. The van der Waals surface area contributed by atoms with Gasteiger partial charge in [0.15, 0.2) is 0 Å². The number of unbranched alkanes of at least 4 members (excludes halogenated alkanes) is 1. The average Bonchev–Trinajstić information content (AvgIpc) is 2.32. The molecule has 0 aliphatic heterocycles. The van der Waals surface area contributed by atoms with Gasteiger partial charge in [-0.05, 0) is 50.5 Å². The monoisotopic (exact) mass is 304 g/mol. The van der Waals surface area contributed by atoms with Crippen molar-refractivity contribution in [2.24, 2.45) is 11.8 Å². The van der Waals surface area contributed by atoms with Gasteiger partial charge < -0.3 is 5.32 Å². The number of rotatable bonds is 8. The maximum absolute atomic E-state index is 12.1. The van der Waals surface area contributed by atoms with Gasteiger partial charge in [-0.1, -0.05) is 27.7 Å². The van der Waals surface area contributed by atoms with Gasteiger partial charge in [0.25, 0.3) is 0 Å². The standard InChI is InChI=1S/C15H32N2O2S/c1-12(2)16-9-5-6-10-20(18,19)17-15-8-7-13(3)14(4)11-15/h12-17H,5-11H2,1-4H3. The van der Waals surface area contributed by atoms with Crippen molar-refractivity contribution < 1.29 is 8.42 Å². The molecule has 0 bridgehead atoms. The van der Waals surface area contributed by atoms with Crippen LogP contribution in [0.15, 0.2) is 0 Å². The van der Waals surface area contributed by atoms with E-state index in [0.717, 1.165) is 44.6 Å². The molecule has 5 heteroatoms. The first-order valence-electron chi connectivity index (χ1n) is 8.03. The lowest BCUT2D eigenvalue weighted by atomic mass is 9.79. The van der Waals surface area contributed by atoms with E-state index >= 15 is 0 Å². The summed E-state index contributed by atoms with van der Waals surface area (Å²) < 4.78 is 27.0. The Hall–Kier alpha value is -0.130. The second kappa shape index (κ2) is 8.35. The fourth-order valence-electron chi connectivity index (χ4n) is 2.78. The van der Waals surface area contributed by atoms with Gasteiger partial charge in [0, 0.05) is 12.1 Å². The van der Waals surface area contributed by atoms with Crippen LogP contribution in [0.4, 0.5) is 0 Å².